The first kappa shape index (κ1) is 36.1. The predicted octanol–water partition coefficient (Wildman–Crippen LogP) is 13.3. The van der Waals surface area contributed by atoms with Crippen LogP contribution in [0.15, 0.2) is 121 Å². The van der Waals surface area contributed by atoms with Crippen LogP contribution in [0, 0.1) is 0 Å². The van der Waals surface area contributed by atoms with Crippen molar-refractivity contribution in [2.45, 2.75) is 65.5 Å². The molecule has 0 saturated carbocycles. The van der Waals surface area contributed by atoms with Crippen LogP contribution in [0.1, 0.15) is 50.7 Å². The second-order valence-electron chi connectivity index (χ2n) is 10.9. The molecule has 6 rings (SSSR count). The maximum atomic E-state index is 4.89. The first-order valence-electron chi connectivity index (χ1n) is 15.6. The second-order valence-corrected chi connectivity index (χ2v) is 14.4. The van der Waals surface area contributed by atoms with Crippen molar-refractivity contribution < 1.29 is 17.0 Å². The molecular weight excluding hydrogens is 627 g/mol. The SMILES string of the molecule is CCCCc1cc2c(-c3ccccc3)cccc2[cH-]1.CCCCc1cc2c(-c3ccccc3)cccc2[cH-]1.C[Si]C.[Cl][Ti][Cl]. The van der Waals surface area contributed by atoms with E-state index in [1.165, 1.54) is 93.5 Å². The second kappa shape index (κ2) is 20.6. The van der Waals surface area contributed by atoms with E-state index in [0.29, 0.717) is 0 Å². The van der Waals surface area contributed by atoms with Gasteiger partial charge in [0.05, 0.1) is 0 Å². The Morgan fingerprint density at radius 2 is 0.932 bits per heavy atom. The van der Waals surface area contributed by atoms with Gasteiger partial charge in [-0.3, -0.25) is 0 Å². The van der Waals surface area contributed by atoms with Crippen molar-refractivity contribution in [2.75, 3.05) is 0 Å². The molecular formula is C40H44Cl2SiTi-2. The molecule has 0 fully saturated rings. The molecule has 0 aliphatic heterocycles. The van der Waals surface area contributed by atoms with Crippen LogP contribution < -0.4 is 0 Å². The summed E-state index contributed by atoms with van der Waals surface area (Å²) >= 11 is -0.556. The minimum atomic E-state index is -0.556. The van der Waals surface area contributed by atoms with Gasteiger partial charge in [0.2, 0.25) is 0 Å². The Bertz CT molecular complexity index is 1500. The number of rotatable bonds is 8. The van der Waals surface area contributed by atoms with Crippen molar-refractivity contribution in [3.8, 4) is 22.3 Å². The van der Waals surface area contributed by atoms with Crippen molar-refractivity contribution in [3.05, 3.63) is 132 Å². The Morgan fingerprint density at radius 3 is 1.27 bits per heavy atom. The monoisotopic (exact) mass is 670 g/mol. The van der Waals surface area contributed by atoms with Gasteiger partial charge in [0.25, 0.3) is 0 Å². The molecule has 0 aromatic heterocycles. The Hall–Kier alpha value is -2.39. The van der Waals surface area contributed by atoms with Gasteiger partial charge in [-0.05, 0) is 24.0 Å². The van der Waals surface area contributed by atoms with Crippen LogP contribution in [0.3, 0.4) is 0 Å². The van der Waals surface area contributed by atoms with Crippen molar-refractivity contribution in [1.29, 1.82) is 0 Å². The number of fused-ring (bicyclic) bond motifs is 2. The summed E-state index contributed by atoms with van der Waals surface area (Å²) in [5.74, 6) is 0. The van der Waals surface area contributed by atoms with Gasteiger partial charge in [-0.2, -0.15) is 12.1 Å². The number of benzene rings is 4. The average molecular weight is 672 g/mol. The predicted molar refractivity (Wildman–Crippen MR) is 196 cm³/mol. The molecule has 0 atom stereocenters. The van der Waals surface area contributed by atoms with Crippen LogP contribution in [0.2, 0.25) is 13.1 Å². The number of hydrogen-bond acceptors (Lipinski definition) is 0. The zero-order chi connectivity index (χ0) is 31.6. The van der Waals surface area contributed by atoms with E-state index >= 15 is 0 Å². The summed E-state index contributed by atoms with van der Waals surface area (Å²) in [4.78, 5) is 0. The number of unbranched alkanes of at least 4 members (excludes halogenated alkanes) is 2. The molecule has 6 aromatic rings. The summed E-state index contributed by atoms with van der Waals surface area (Å²) in [5.41, 5.74) is 8.25. The molecule has 0 aliphatic rings. The zero-order valence-corrected chi connectivity index (χ0v) is 30.6. The van der Waals surface area contributed by atoms with Crippen LogP contribution in [-0.4, -0.2) is 9.52 Å². The van der Waals surface area contributed by atoms with E-state index in [2.05, 4.69) is 148 Å². The zero-order valence-electron chi connectivity index (χ0n) is 26.5. The van der Waals surface area contributed by atoms with Gasteiger partial charge in [0.15, 0.2) is 0 Å². The topological polar surface area (TPSA) is 0 Å². The fourth-order valence-corrected chi connectivity index (χ4v) is 5.38. The third-order valence-corrected chi connectivity index (χ3v) is 7.43. The standard InChI is InChI=1S/2C19H19.C2H6Si.2ClH.Ti/c2*1-2-3-8-15-13-17-11-7-12-18(19(17)14-15)16-9-5-4-6-10-16;1-3-2;;;/h2*4-7,9-14H,2-3,8H2,1H3;1-2H3;2*1H;/q2*-1;;;;+2/p-2. The van der Waals surface area contributed by atoms with Crippen molar-refractivity contribution in [1.82, 2.24) is 0 Å². The van der Waals surface area contributed by atoms with Gasteiger partial charge in [-0.1, -0.05) is 137 Å². The molecule has 4 heteroatoms. The van der Waals surface area contributed by atoms with E-state index in [1.54, 1.807) is 0 Å². The van der Waals surface area contributed by atoms with Crippen LogP contribution in [0.25, 0.3) is 43.8 Å². The van der Waals surface area contributed by atoms with Crippen LogP contribution in [0.4, 0.5) is 0 Å². The molecule has 0 nitrogen and oxygen atoms in total. The third-order valence-electron chi connectivity index (χ3n) is 7.43. The van der Waals surface area contributed by atoms with E-state index in [4.69, 9.17) is 18.6 Å². The number of aryl methyl sites for hydroxylation is 2. The molecule has 0 N–H and O–H groups in total. The molecule has 0 aliphatic carbocycles. The number of halogens is 2. The van der Waals surface area contributed by atoms with Crippen molar-refractivity contribution in [3.63, 3.8) is 0 Å². The van der Waals surface area contributed by atoms with E-state index in [9.17, 15) is 0 Å². The van der Waals surface area contributed by atoms with E-state index in [1.807, 2.05) is 0 Å². The molecule has 6 aromatic carbocycles. The Kier molecular flexibility index (Phi) is 16.9. The third kappa shape index (κ3) is 10.9. The molecule has 0 heterocycles. The summed E-state index contributed by atoms with van der Waals surface area (Å²) in [5, 5.41) is 5.51. The van der Waals surface area contributed by atoms with Crippen molar-refractivity contribution >= 4 is 49.7 Å². The molecule has 0 saturated heterocycles. The van der Waals surface area contributed by atoms with Gasteiger partial charge in [-0.15, -0.1) is 69.1 Å². The summed E-state index contributed by atoms with van der Waals surface area (Å²) in [6.45, 7) is 8.80. The minimum absolute atomic E-state index is 0.556. The summed E-state index contributed by atoms with van der Waals surface area (Å²) in [6, 6.07) is 44.0. The van der Waals surface area contributed by atoms with Gasteiger partial charge >= 0.3 is 35.6 Å². The van der Waals surface area contributed by atoms with Crippen LogP contribution in [0.5, 0.6) is 0 Å². The molecule has 0 amide bonds. The Labute approximate surface area is 285 Å². The van der Waals surface area contributed by atoms with Gasteiger partial charge < -0.3 is 0 Å². The fraction of sp³-hybridized carbons (Fsp3) is 0.250. The summed E-state index contributed by atoms with van der Waals surface area (Å²) in [6.07, 6.45) is 7.45. The normalized spacial score (nSPS) is 10.2. The average Bonchev–Trinajstić information content (AvgIpc) is 3.68. The first-order valence-corrected chi connectivity index (χ1v) is 21.9. The maximum absolute atomic E-state index is 4.89. The van der Waals surface area contributed by atoms with E-state index in [0.717, 1.165) is 9.52 Å². The summed E-state index contributed by atoms with van der Waals surface area (Å²) < 4.78 is 0. The van der Waals surface area contributed by atoms with Gasteiger partial charge in [-0.25, -0.2) is 0 Å². The molecule has 0 spiro atoms. The molecule has 0 unspecified atom stereocenters. The van der Waals surface area contributed by atoms with Gasteiger partial charge in [0.1, 0.15) is 0 Å². The Morgan fingerprint density at radius 1 is 0.568 bits per heavy atom. The Balaban J connectivity index is 0.000000204. The fourth-order valence-electron chi connectivity index (χ4n) is 5.38. The van der Waals surface area contributed by atoms with Crippen LogP contribution >= 0.6 is 18.6 Å². The molecule has 2 radical (unpaired) electrons. The number of hydrogen-bond donors (Lipinski definition) is 0. The van der Waals surface area contributed by atoms with E-state index in [-0.39, 0.29) is 0 Å². The first-order chi connectivity index (χ1) is 21.6. The molecule has 0 bridgehead atoms. The molecule has 44 heavy (non-hydrogen) atoms. The van der Waals surface area contributed by atoms with Crippen LogP contribution in [-0.2, 0) is 29.9 Å². The quantitative estimate of drug-likeness (QED) is 0.112. The summed E-state index contributed by atoms with van der Waals surface area (Å²) in [7, 11) is 10.9. The van der Waals surface area contributed by atoms with Gasteiger partial charge in [0, 0.05) is 9.52 Å². The van der Waals surface area contributed by atoms with E-state index < -0.39 is 17.0 Å². The van der Waals surface area contributed by atoms with Crippen molar-refractivity contribution in [2.24, 2.45) is 0 Å². The molecule has 228 valence electrons.